The molecule has 1 aliphatic heterocycles. The maximum Gasteiger partial charge on any atom is 0.225 e. The Morgan fingerprint density at radius 1 is 0.900 bits per heavy atom. The minimum Gasteiger partial charge on any atom is -0.337 e. The first-order valence-electron chi connectivity index (χ1n) is 6.66. The molecule has 1 saturated heterocycles. The third kappa shape index (κ3) is 2.67. The van der Waals surface area contributed by atoms with Crippen LogP contribution in [0.5, 0.6) is 0 Å². The van der Waals surface area contributed by atoms with Crippen LogP contribution >= 0.6 is 0 Å². The summed E-state index contributed by atoms with van der Waals surface area (Å²) in [6, 6.07) is 3.67. The van der Waals surface area contributed by atoms with E-state index in [1.165, 1.54) is 0 Å². The van der Waals surface area contributed by atoms with Gasteiger partial charge >= 0.3 is 0 Å². The Hall–Kier alpha value is -2.28. The summed E-state index contributed by atoms with van der Waals surface area (Å²) in [7, 11) is 0. The lowest BCUT2D eigenvalue weighted by Gasteiger charge is -2.34. The summed E-state index contributed by atoms with van der Waals surface area (Å²) in [6.45, 7) is 3.87. The molecule has 7 heteroatoms. The number of rotatable bonds is 3. The zero-order valence-electron chi connectivity index (χ0n) is 11.2. The largest absolute Gasteiger partial charge is 0.337 e. The molecule has 0 aromatic carbocycles. The summed E-state index contributed by atoms with van der Waals surface area (Å²) in [4.78, 5) is 21.7. The number of anilines is 2. The van der Waals surface area contributed by atoms with Crippen LogP contribution in [0.4, 0.5) is 11.9 Å². The molecule has 7 nitrogen and oxygen atoms in total. The van der Waals surface area contributed by atoms with Crippen LogP contribution in [0.25, 0.3) is 0 Å². The lowest BCUT2D eigenvalue weighted by Crippen LogP contribution is -2.47. The highest BCUT2D eigenvalue weighted by atomic mass is 15.3. The maximum absolute atomic E-state index is 5.61. The Morgan fingerprint density at radius 3 is 2.15 bits per heavy atom. The van der Waals surface area contributed by atoms with E-state index in [0.29, 0.717) is 6.54 Å². The van der Waals surface area contributed by atoms with Gasteiger partial charge in [-0.15, -0.1) is 0 Å². The van der Waals surface area contributed by atoms with Gasteiger partial charge in [-0.25, -0.2) is 19.9 Å². The minimum atomic E-state index is 0.438. The lowest BCUT2D eigenvalue weighted by atomic mass is 10.3. The van der Waals surface area contributed by atoms with Gasteiger partial charge in [0.2, 0.25) is 11.9 Å². The van der Waals surface area contributed by atoms with Gasteiger partial charge in [-0.2, -0.15) is 0 Å². The van der Waals surface area contributed by atoms with Crippen LogP contribution in [0.15, 0.2) is 30.7 Å². The molecule has 3 rings (SSSR count). The topological polar surface area (TPSA) is 84.1 Å². The standard InChI is InChI=1S/C13H17N7/c14-10-11-2-5-17-13(18-11)20-8-6-19(7-9-20)12-15-3-1-4-16-12/h1-5H,6-10,14H2. The number of nitrogens with two attached hydrogens (primary N) is 1. The highest BCUT2D eigenvalue weighted by Crippen LogP contribution is 2.14. The minimum absolute atomic E-state index is 0.438. The summed E-state index contributed by atoms with van der Waals surface area (Å²) in [5.41, 5.74) is 6.48. The summed E-state index contributed by atoms with van der Waals surface area (Å²) in [5, 5.41) is 0. The monoisotopic (exact) mass is 271 g/mol. The molecule has 1 fully saturated rings. The molecule has 20 heavy (non-hydrogen) atoms. The molecule has 2 aromatic heterocycles. The van der Waals surface area contributed by atoms with Crippen LogP contribution in [-0.2, 0) is 6.54 Å². The fourth-order valence-electron chi connectivity index (χ4n) is 2.21. The maximum atomic E-state index is 5.61. The van der Waals surface area contributed by atoms with Crippen LogP contribution in [0.2, 0.25) is 0 Å². The van der Waals surface area contributed by atoms with E-state index in [-0.39, 0.29) is 0 Å². The normalized spacial score (nSPS) is 15.4. The molecule has 0 unspecified atom stereocenters. The molecule has 0 radical (unpaired) electrons. The van der Waals surface area contributed by atoms with Gasteiger partial charge in [-0.05, 0) is 12.1 Å². The molecule has 0 amide bonds. The molecular weight excluding hydrogens is 254 g/mol. The fraction of sp³-hybridized carbons (Fsp3) is 0.385. The third-order valence-corrected chi connectivity index (χ3v) is 3.31. The second kappa shape index (κ2) is 5.79. The Bertz CT molecular complexity index is 552. The predicted molar refractivity (Wildman–Crippen MR) is 76.4 cm³/mol. The van der Waals surface area contributed by atoms with E-state index in [1.54, 1.807) is 18.6 Å². The van der Waals surface area contributed by atoms with Crippen molar-refractivity contribution in [3.05, 3.63) is 36.4 Å². The van der Waals surface area contributed by atoms with E-state index in [9.17, 15) is 0 Å². The molecule has 0 aliphatic carbocycles. The predicted octanol–water partition coefficient (Wildman–Crippen LogP) is 0.0519. The van der Waals surface area contributed by atoms with Gasteiger partial charge in [0.15, 0.2) is 0 Å². The first kappa shape index (κ1) is 12.7. The van der Waals surface area contributed by atoms with Crippen molar-refractivity contribution in [1.29, 1.82) is 0 Å². The van der Waals surface area contributed by atoms with E-state index >= 15 is 0 Å². The molecule has 3 heterocycles. The van der Waals surface area contributed by atoms with Gasteiger partial charge in [-0.3, -0.25) is 0 Å². The van der Waals surface area contributed by atoms with Crippen molar-refractivity contribution in [2.45, 2.75) is 6.54 Å². The van der Waals surface area contributed by atoms with Crippen LogP contribution in [-0.4, -0.2) is 46.1 Å². The van der Waals surface area contributed by atoms with Crippen LogP contribution < -0.4 is 15.5 Å². The Balaban J connectivity index is 1.66. The molecule has 0 atom stereocenters. The molecule has 0 spiro atoms. The van der Waals surface area contributed by atoms with E-state index in [0.717, 1.165) is 43.8 Å². The van der Waals surface area contributed by atoms with Gasteiger partial charge in [-0.1, -0.05) is 0 Å². The van der Waals surface area contributed by atoms with Crippen LogP contribution in [0, 0.1) is 0 Å². The van der Waals surface area contributed by atoms with E-state index < -0.39 is 0 Å². The summed E-state index contributed by atoms with van der Waals surface area (Å²) in [6.07, 6.45) is 5.29. The molecule has 104 valence electrons. The Labute approximate surface area is 117 Å². The third-order valence-electron chi connectivity index (χ3n) is 3.31. The number of aromatic nitrogens is 4. The van der Waals surface area contributed by atoms with Crippen molar-refractivity contribution in [3.63, 3.8) is 0 Å². The van der Waals surface area contributed by atoms with Crippen LogP contribution in [0.1, 0.15) is 5.69 Å². The number of nitrogens with zero attached hydrogens (tertiary/aromatic N) is 6. The fourth-order valence-corrected chi connectivity index (χ4v) is 2.21. The number of hydrogen-bond acceptors (Lipinski definition) is 7. The Morgan fingerprint density at radius 2 is 1.50 bits per heavy atom. The molecule has 2 N–H and O–H groups in total. The molecule has 0 bridgehead atoms. The number of hydrogen-bond donors (Lipinski definition) is 1. The smallest absolute Gasteiger partial charge is 0.225 e. The summed E-state index contributed by atoms with van der Waals surface area (Å²) < 4.78 is 0. The van der Waals surface area contributed by atoms with Crippen molar-refractivity contribution in [1.82, 2.24) is 19.9 Å². The van der Waals surface area contributed by atoms with Crippen molar-refractivity contribution in [2.75, 3.05) is 36.0 Å². The highest BCUT2D eigenvalue weighted by Gasteiger charge is 2.20. The van der Waals surface area contributed by atoms with Crippen molar-refractivity contribution >= 4 is 11.9 Å². The zero-order valence-corrected chi connectivity index (χ0v) is 11.2. The van der Waals surface area contributed by atoms with Gasteiger partial charge in [0, 0.05) is 51.3 Å². The Kier molecular flexibility index (Phi) is 3.69. The lowest BCUT2D eigenvalue weighted by molar-refractivity contribution is 0.626. The van der Waals surface area contributed by atoms with E-state index in [1.807, 2.05) is 12.1 Å². The zero-order chi connectivity index (χ0) is 13.8. The number of piperazine rings is 1. The van der Waals surface area contributed by atoms with Gasteiger partial charge in [0.1, 0.15) is 0 Å². The SMILES string of the molecule is NCc1ccnc(N2CCN(c3ncccn3)CC2)n1. The van der Waals surface area contributed by atoms with E-state index in [2.05, 4.69) is 29.7 Å². The quantitative estimate of drug-likeness (QED) is 0.844. The second-order valence-electron chi connectivity index (χ2n) is 4.57. The second-order valence-corrected chi connectivity index (χ2v) is 4.57. The van der Waals surface area contributed by atoms with Gasteiger partial charge < -0.3 is 15.5 Å². The van der Waals surface area contributed by atoms with Gasteiger partial charge in [0.25, 0.3) is 0 Å². The van der Waals surface area contributed by atoms with Crippen molar-refractivity contribution in [2.24, 2.45) is 5.73 Å². The first-order chi connectivity index (χ1) is 9.86. The summed E-state index contributed by atoms with van der Waals surface area (Å²) in [5.74, 6) is 1.53. The van der Waals surface area contributed by atoms with Gasteiger partial charge in [0.05, 0.1) is 5.69 Å². The first-order valence-corrected chi connectivity index (χ1v) is 6.66. The average Bonchev–Trinajstić information content (AvgIpc) is 2.56. The highest BCUT2D eigenvalue weighted by molar-refractivity contribution is 5.37. The van der Waals surface area contributed by atoms with Crippen molar-refractivity contribution in [3.8, 4) is 0 Å². The van der Waals surface area contributed by atoms with E-state index in [4.69, 9.17) is 5.73 Å². The average molecular weight is 271 g/mol. The molecular formula is C13H17N7. The van der Waals surface area contributed by atoms with Crippen LogP contribution in [0.3, 0.4) is 0 Å². The summed E-state index contributed by atoms with van der Waals surface area (Å²) >= 11 is 0. The molecule has 1 aliphatic rings. The molecule has 0 saturated carbocycles. The molecule has 2 aromatic rings. The van der Waals surface area contributed by atoms with Crippen molar-refractivity contribution < 1.29 is 0 Å².